The highest BCUT2D eigenvalue weighted by Crippen LogP contribution is 2.03. The molecule has 34 valence electrons. The third kappa shape index (κ3) is 0.698. The highest BCUT2D eigenvalue weighted by Gasteiger charge is 2.10. The highest BCUT2D eigenvalue weighted by molar-refractivity contribution is 4.54. The molecular formula is C4H6O2. The molecule has 1 rings (SSSR count). The van der Waals surface area contributed by atoms with Crippen molar-refractivity contribution in [3.63, 3.8) is 0 Å². The lowest BCUT2D eigenvalue weighted by atomic mass is 10.5. The Morgan fingerprint density at radius 1 is 1.83 bits per heavy atom. The van der Waals surface area contributed by atoms with Gasteiger partial charge in [-0.1, -0.05) is 0 Å². The Kier molecular flexibility index (Phi) is 1.08. The first-order valence-electron chi connectivity index (χ1n) is 1.92. The lowest BCUT2D eigenvalue weighted by molar-refractivity contribution is 0.135. The van der Waals surface area contributed by atoms with Crippen molar-refractivity contribution in [2.24, 2.45) is 0 Å². The van der Waals surface area contributed by atoms with E-state index in [2.05, 4.69) is 16.3 Å². The Balaban J connectivity index is 2.18. The minimum Gasteiger partial charge on any atom is -0.338 e. The first kappa shape index (κ1) is 4.09. The van der Waals surface area contributed by atoms with Crippen molar-refractivity contribution in [1.29, 1.82) is 0 Å². The van der Waals surface area contributed by atoms with Gasteiger partial charge in [0.25, 0.3) is 6.79 Å². The van der Waals surface area contributed by atoms with Crippen molar-refractivity contribution in [2.75, 3.05) is 6.61 Å². The van der Waals surface area contributed by atoms with E-state index >= 15 is 0 Å². The normalized spacial score (nSPS) is 34.5. The predicted octanol–water partition coefficient (Wildman–Crippen LogP) is 0.418. The molecule has 2 radical (unpaired) electrons. The summed E-state index contributed by atoms with van der Waals surface area (Å²) in [5.41, 5.74) is 0. The fraction of sp³-hybridized carbons (Fsp3) is 0.750. The van der Waals surface area contributed by atoms with Crippen LogP contribution in [0.2, 0.25) is 0 Å². The molecule has 0 aromatic carbocycles. The van der Waals surface area contributed by atoms with Crippen LogP contribution in [0.1, 0.15) is 6.92 Å². The average molecular weight is 86.1 g/mol. The summed E-state index contributed by atoms with van der Waals surface area (Å²) in [6.45, 7) is 4.86. The molecule has 0 bridgehead atoms. The Hall–Kier alpha value is -0.0800. The van der Waals surface area contributed by atoms with Gasteiger partial charge >= 0.3 is 0 Å². The Morgan fingerprint density at radius 2 is 2.67 bits per heavy atom. The molecule has 0 aromatic heterocycles. The van der Waals surface area contributed by atoms with Gasteiger partial charge in [0.15, 0.2) is 0 Å². The van der Waals surface area contributed by atoms with Crippen LogP contribution in [-0.2, 0) is 9.47 Å². The zero-order chi connectivity index (χ0) is 4.41. The van der Waals surface area contributed by atoms with E-state index in [4.69, 9.17) is 0 Å². The molecule has 0 saturated carbocycles. The SMILES string of the molecule is CC1CO[C]O1. The first-order valence-corrected chi connectivity index (χ1v) is 1.92. The van der Waals surface area contributed by atoms with Gasteiger partial charge in [0.1, 0.15) is 0 Å². The summed E-state index contributed by atoms with van der Waals surface area (Å²) < 4.78 is 9.27. The van der Waals surface area contributed by atoms with Crippen molar-refractivity contribution >= 4 is 0 Å². The molecular weight excluding hydrogens is 80.0 g/mol. The zero-order valence-corrected chi connectivity index (χ0v) is 3.60. The van der Waals surface area contributed by atoms with Crippen molar-refractivity contribution < 1.29 is 9.47 Å². The average Bonchev–Trinajstić information content (AvgIpc) is 1.86. The Bertz CT molecular complexity index is 38.8. The van der Waals surface area contributed by atoms with Gasteiger partial charge < -0.3 is 9.47 Å². The van der Waals surface area contributed by atoms with Crippen molar-refractivity contribution in [2.45, 2.75) is 13.0 Å². The van der Waals surface area contributed by atoms with Gasteiger partial charge in [-0.15, -0.1) is 0 Å². The summed E-state index contributed by atoms with van der Waals surface area (Å²) in [6.07, 6.45) is 0.213. The predicted molar refractivity (Wildman–Crippen MR) is 19.7 cm³/mol. The van der Waals surface area contributed by atoms with Gasteiger partial charge in [-0.05, 0) is 6.92 Å². The van der Waals surface area contributed by atoms with Crippen LogP contribution in [0, 0.1) is 6.79 Å². The maximum atomic E-state index is 4.68. The second-order valence-corrected chi connectivity index (χ2v) is 1.32. The standard InChI is InChI=1S/C4H6O2/c1-4-2-5-3-6-4/h4H,2H2,1H3. The molecule has 1 heterocycles. The third-order valence-electron chi connectivity index (χ3n) is 0.626. The second-order valence-electron chi connectivity index (χ2n) is 1.32. The Morgan fingerprint density at radius 3 is 2.83 bits per heavy atom. The summed E-state index contributed by atoms with van der Waals surface area (Å²) in [6, 6.07) is 0. The molecule has 2 heteroatoms. The molecule has 0 amide bonds. The molecule has 2 nitrogen and oxygen atoms in total. The van der Waals surface area contributed by atoms with Gasteiger partial charge in [0, 0.05) is 0 Å². The lowest BCUT2D eigenvalue weighted by Gasteiger charge is -1.89. The number of ether oxygens (including phenoxy) is 2. The summed E-state index contributed by atoms with van der Waals surface area (Å²) >= 11 is 0. The maximum Gasteiger partial charge on any atom is 0.292 e. The van der Waals surface area contributed by atoms with E-state index in [-0.39, 0.29) is 6.10 Å². The van der Waals surface area contributed by atoms with Crippen LogP contribution in [-0.4, -0.2) is 12.7 Å². The van der Waals surface area contributed by atoms with Gasteiger partial charge in [0.05, 0.1) is 12.7 Å². The molecule has 1 saturated heterocycles. The van der Waals surface area contributed by atoms with Crippen molar-refractivity contribution in [3.05, 3.63) is 6.79 Å². The van der Waals surface area contributed by atoms with E-state index < -0.39 is 0 Å². The molecule has 0 aromatic rings. The molecule has 6 heavy (non-hydrogen) atoms. The van der Waals surface area contributed by atoms with Crippen LogP contribution in [0.15, 0.2) is 0 Å². The molecule has 1 atom stereocenters. The van der Waals surface area contributed by atoms with E-state index in [0.717, 1.165) is 0 Å². The summed E-state index contributed by atoms with van der Waals surface area (Å²) in [7, 11) is 0. The first-order chi connectivity index (χ1) is 2.89. The fourth-order valence-electron chi connectivity index (χ4n) is 0.302. The fourth-order valence-corrected chi connectivity index (χ4v) is 0.302. The molecule has 1 fully saturated rings. The van der Waals surface area contributed by atoms with E-state index in [0.29, 0.717) is 6.61 Å². The van der Waals surface area contributed by atoms with Gasteiger partial charge in [0.2, 0.25) is 0 Å². The van der Waals surface area contributed by atoms with E-state index in [9.17, 15) is 0 Å². The largest absolute Gasteiger partial charge is 0.338 e. The minimum atomic E-state index is 0.213. The molecule has 0 aliphatic carbocycles. The summed E-state index contributed by atoms with van der Waals surface area (Å²) in [5.74, 6) is 0. The van der Waals surface area contributed by atoms with Gasteiger partial charge in [-0.25, -0.2) is 0 Å². The quantitative estimate of drug-likeness (QED) is 0.425. The van der Waals surface area contributed by atoms with Crippen molar-refractivity contribution in [3.8, 4) is 0 Å². The summed E-state index contributed by atoms with van der Waals surface area (Å²) in [4.78, 5) is 0. The molecule has 1 unspecified atom stereocenters. The van der Waals surface area contributed by atoms with Crippen LogP contribution in [0.4, 0.5) is 0 Å². The molecule has 0 N–H and O–H groups in total. The van der Waals surface area contributed by atoms with Gasteiger partial charge in [-0.2, -0.15) is 0 Å². The lowest BCUT2D eigenvalue weighted by Crippen LogP contribution is -1.99. The highest BCUT2D eigenvalue weighted by atomic mass is 16.7. The monoisotopic (exact) mass is 86.0 g/mol. The van der Waals surface area contributed by atoms with E-state index in [1.165, 1.54) is 0 Å². The Labute approximate surface area is 37.1 Å². The third-order valence-corrected chi connectivity index (χ3v) is 0.626. The van der Waals surface area contributed by atoms with Crippen LogP contribution in [0.5, 0.6) is 0 Å². The topological polar surface area (TPSA) is 18.5 Å². The number of rotatable bonds is 0. The number of hydrogen-bond donors (Lipinski definition) is 0. The molecule has 1 aliphatic heterocycles. The van der Waals surface area contributed by atoms with E-state index in [1.807, 2.05) is 6.92 Å². The smallest absolute Gasteiger partial charge is 0.292 e. The molecule has 1 aliphatic rings. The minimum absolute atomic E-state index is 0.213. The second kappa shape index (κ2) is 1.58. The zero-order valence-electron chi connectivity index (χ0n) is 3.60. The number of hydrogen-bond acceptors (Lipinski definition) is 2. The van der Waals surface area contributed by atoms with Crippen LogP contribution >= 0.6 is 0 Å². The molecule has 0 spiro atoms. The van der Waals surface area contributed by atoms with Crippen molar-refractivity contribution in [1.82, 2.24) is 0 Å². The van der Waals surface area contributed by atoms with Crippen LogP contribution in [0.3, 0.4) is 0 Å². The summed E-state index contributed by atoms with van der Waals surface area (Å²) in [5, 5.41) is 0. The maximum absolute atomic E-state index is 4.68. The van der Waals surface area contributed by atoms with E-state index in [1.54, 1.807) is 0 Å². The van der Waals surface area contributed by atoms with Gasteiger partial charge in [-0.3, -0.25) is 0 Å². The van der Waals surface area contributed by atoms with Crippen LogP contribution < -0.4 is 0 Å². The van der Waals surface area contributed by atoms with Crippen LogP contribution in [0.25, 0.3) is 0 Å².